The summed E-state index contributed by atoms with van der Waals surface area (Å²) >= 11 is 0. The lowest BCUT2D eigenvalue weighted by Gasteiger charge is -2.03. The van der Waals surface area contributed by atoms with Gasteiger partial charge in [-0.25, -0.2) is 9.37 Å². The van der Waals surface area contributed by atoms with Gasteiger partial charge in [-0.2, -0.15) is 0 Å². The number of hydrogen-bond acceptors (Lipinski definition) is 2. The van der Waals surface area contributed by atoms with Crippen LogP contribution in [0.5, 0.6) is 0 Å². The van der Waals surface area contributed by atoms with E-state index in [1.165, 1.54) is 12.1 Å². The molecule has 0 aliphatic heterocycles. The molecule has 0 bridgehead atoms. The molecular formula is C22H17FN2OS. The van der Waals surface area contributed by atoms with Crippen molar-refractivity contribution in [1.29, 1.82) is 0 Å². The number of imidazole rings is 1. The van der Waals surface area contributed by atoms with Gasteiger partial charge in [0.1, 0.15) is 11.6 Å². The Morgan fingerprint density at radius 2 is 1.44 bits per heavy atom. The minimum absolute atomic E-state index is 0.275. The minimum Gasteiger partial charge on any atom is -0.337 e. The van der Waals surface area contributed by atoms with E-state index in [1.54, 1.807) is 18.4 Å². The van der Waals surface area contributed by atoms with E-state index in [0.717, 1.165) is 33.0 Å². The summed E-state index contributed by atoms with van der Waals surface area (Å²) in [4.78, 5) is 8.94. The number of hydrogen-bond donors (Lipinski definition) is 1. The number of nitrogens with zero attached hydrogens (tertiary/aromatic N) is 1. The van der Waals surface area contributed by atoms with E-state index < -0.39 is 10.8 Å². The van der Waals surface area contributed by atoms with Gasteiger partial charge in [0.05, 0.1) is 11.4 Å². The molecule has 0 saturated carbocycles. The SMILES string of the molecule is CS(=O)c1ccc(-c2nc(-c3ccccc3)c(-c3ccc(F)cc3)[nH]2)cc1. The molecule has 5 heteroatoms. The van der Waals surface area contributed by atoms with E-state index >= 15 is 0 Å². The van der Waals surface area contributed by atoms with Crippen LogP contribution in [0.25, 0.3) is 33.9 Å². The molecule has 4 aromatic rings. The molecule has 0 aliphatic carbocycles. The quantitative estimate of drug-likeness (QED) is 0.526. The van der Waals surface area contributed by atoms with E-state index in [4.69, 9.17) is 4.98 Å². The number of halogens is 1. The number of nitrogens with one attached hydrogen (secondary N) is 1. The fraction of sp³-hybridized carbons (Fsp3) is 0.0455. The fourth-order valence-corrected chi connectivity index (χ4v) is 3.46. The molecule has 0 fully saturated rings. The first-order valence-electron chi connectivity index (χ1n) is 8.47. The first-order chi connectivity index (χ1) is 13.1. The van der Waals surface area contributed by atoms with Gasteiger partial charge in [0.2, 0.25) is 0 Å². The third-order valence-corrected chi connectivity index (χ3v) is 5.28. The lowest BCUT2D eigenvalue weighted by molar-refractivity contribution is 0.628. The van der Waals surface area contributed by atoms with Crippen LogP contribution in [0.4, 0.5) is 4.39 Å². The van der Waals surface area contributed by atoms with Crippen LogP contribution in [0.15, 0.2) is 83.8 Å². The highest BCUT2D eigenvalue weighted by Crippen LogP contribution is 2.33. The van der Waals surface area contributed by atoms with E-state index in [0.29, 0.717) is 5.82 Å². The van der Waals surface area contributed by atoms with Crippen molar-refractivity contribution in [3.05, 3.63) is 84.7 Å². The molecule has 1 aromatic heterocycles. The summed E-state index contributed by atoms with van der Waals surface area (Å²) < 4.78 is 25.0. The van der Waals surface area contributed by atoms with Crippen LogP contribution in [0.3, 0.4) is 0 Å². The number of H-pyrrole nitrogens is 1. The lowest BCUT2D eigenvalue weighted by atomic mass is 10.1. The third kappa shape index (κ3) is 3.59. The predicted molar refractivity (Wildman–Crippen MR) is 107 cm³/mol. The number of aromatic amines is 1. The molecule has 0 saturated heterocycles. The van der Waals surface area contributed by atoms with Crippen molar-refractivity contribution in [3.63, 3.8) is 0 Å². The summed E-state index contributed by atoms with van der Waals surface area (Å²) in [6.07, 6.45) is 1.65. The topological polar surface area (TPSA) is 45.8 Å². The Balaban J connectivity index is 1.84. The summed E-state index contributed by atoms with van der Waals surface area (Å²) in [5.41, 5.74) is 4.38. The number of aromatic nitrogens is 2. The highest BCUT2D eigenvalue weighted by atomic mass is 32.2. The first kappa shape index (κ1) is 17.4. The van der Waals surface area contributed by atoms with Crippen LogP contribution < -0.4 is 0 Å². The van der Waals surface area contributed by atoms with E-state index in [1.807, 2.05) is 54.6 Å². The van der Waals surface area contributed by atoms with Gasteiger partial charge in [0.15, 0.2) is 0 Å². The fourth-order valence-electron chi connectivity index (χ4n) is 2.94. The van der Waals surface area contributed by atoms with E-state index in [2.05, 4.69) is 4.98 Å². The van der Waals surface area contributed by atoms with Crippen molar-refractivity contribution in [2.75, 3.05) is 6.26 Å². The smallest absolute Gasteiger partial charge is 0.138 e. The normalized spacial score (nSPS) is 12.1. The van der Waals surface area contributed by atoms with Crippen LogP contribution in [0.2, 0.25) is 0 Å². The highest BCUT2D eigenvalue weighted by Gasteiger charge is 2.15. The summed E-state index contributed by atoms with van der Waals surface area (Å²) in [6, 6.07) is 23.7. The Bertz CT molecular complexity index is 1090. The average Bonchev–Trinajstić information content (AvgIpc) is 3.15. The van der Waals surface area contributed by atoms with Crippen molar-refractivity contribution in [2.45, 2.75) is 4.90 Å². The number of benzene rings is 3. The molecule has 0 amide bonds. The molecule has 0 spiro atoms. The Hall–Kier alpha value is -3.05. The maximum atomic E-state index is 13.3. The Morgan fingerprint density at radius 1 is 0.815 bits per heavy atom. The molecule has 1 unspecified atom stereocenters. The molecular weight excluding hydrogens is 359 g/mol. The van der Waals surface area contributed by atoms with E-state index in [9.17, 15) is 8.60 Å². The zero-order chi connectivity index (χ0) is 18.8. The summed E-state index contributed by atoms with van der Waals surface area (Å²) in [6.45, 7) is 0. The predicted octanol–water partition coefficient (Wildman–Crippen LogP) is 5.29. The Morgan fingerprint density at radius 3 is 2.07 bits per heavy atom. The third-order valence-electron chi connectivity index (χ3n) is 4.34. The molecule has 1 heterocycles. The molecule has 0 aliphatic rings. The summed E-state index contributed by atoms with van der Waals surface area (Å²) in [5.74, 6) is 0.435. The van der Waals surface area contributed by atoms with Crippen molar-refractivity contribution >= 4 is 10.8 Å². The molecule has 4 rings (SSSR count). The highest BCUT2D eigenvalue weighted by molar-refractivity contribution is 7.84. The van der Waals surface area contributed by atoms with Crippen LogP contribution in [0.1, 0.15) is 0 Å². The Kier molecular flexibility index (Phi) is 4.69. The van der Waals surface area contributed by atoms with Gasteiger partial charge in [-0.1, -0.05) is 42.5 Å². The molecule has 1 N–H and O–H groups in total. The molecule has 0 radical (unpaired) electrons. The van der Waals surface area contributed by atoms with Crippen molar-refractivity contribution in [3.8, 4) is 33.9 Å². The molecule has 3 aromatic carbocycles. The van der Waals surface area contributed by atoms with Gasteiger partial charge < -0.3 is 4.98 Å². The van der Waals surface area contributed by atoms with Crippen molar-refractivity contribution in [1.82, 2.24) is 9.97 Å². The molecule has 3 nitrogen and oxygen atoms in total. The van der Waals surface area contributed by atoms with Gasteiger partial charge in [0.25, 0.3) is 0 Å². The zero-order valence-electron chi connectivity index (χ0n) is 14.6. The van der Waals surface area contributed by atoms with Crippen molar-refractivity contribution < 1.29 is 8.60 Å². The van der Waals surface area contributed by atoms with Gasteiger partial charge in [-0.3, -0.25) is 4.21 Å². The van der Waals surface area contributed by atoms with Gasteiger partial charge in [-0.05, 0) is 36.4 Å². The first-order valence-corrected chi connectivity index (χ1v) is 10.0. The summed E-state index contributed by atoms with van der Waals surface area (Å²) in [7, 11) is -1.02. The van der Waals surface area contributed by atoms with Crippen LogP contribution in [0, 0.1) is 5.82 Å². The van der Waals surface area contributed by atoms with Crippen molar-refractivity contribution in [2.24, 2.45) is 0 Å². The zero-order valence-corrected chi connectivity index (χ0v) is 15.5. The largest absolute Gasteiger partial charge is 0.337 e. The van der Waals surface area contributed by atoms with Crippen LogP contribution in [-0.4, -0.2) is 20.4 Å². The van der Waals surface area contributed by atoms with Gasteiger partial charge in [-0.15, -0.1) is 0 Å². The van der Waals surface area contributed by atoms with Crippen LogP contribution >= 0.6 is 0 Å². The maximum Gasteiger partial charge on any atom is 0.138 e. The van der Waals surface area contributed by atoms with E-state index in [-0.39, 0.29) is 5.82 Å². The molecule has 27 heavy (non-hydrogen) atoms. The van der Waals surface area contributed by atoms with Crippen LogP contribution in [-0.2, 0) is 10.8 Å². The Labute approximate surface area is 159 Å². The lowest BCUT2D eigenvalue weighted by Crippen LogP contribution is -1.87. The second-order valence-corrected chi connectivity index (χ2v) is 7.54. The minimum atomic E-state index is -1.02. The van der Waals surface area contributed by atoms with Gasteiger partial charge in [0, 0.05) is 38.6 Å². The molecule has 134 valence electrons. The monoisotopic (exact) mass is 376 g/mol. The number of rotatable bonds is 4. The second kappa shape index (κ2) is 7.29. The second-order valence-electron chi connectivity index (χ2n) is 6.16. The standard InChI is InChI=1S/C22H17FN2OS/c1-27(26)19-13-9-17(10-14-19)22-24-20(15-5-3-2-4-6-15)21(25-22)16-7-11-18(23)12-8-16/h2-14H,1H3,(H,24,25). The molecule has 1 atom stereocenters. The van der Waals surface area contributed by atoms with Gasteiger partial charge >= 0.3 is 0 Å². The average molecular weight is 376 g/mol. The summed E-state index contributed by atoms with van der Waals surface area (Å²) in [5, 5.41) is 0. The maximum absolute atomic E-state index is 13.3.